The second-order valence-corrected chi connectivity index (χ2v) is 19.2. The van der Waals surface area contributed by atoms with Gasteiger partial charge in [0.15, 0.2) is 0 Å². The maximum absolute atomic E-state index is 6.92. The first-order valence-electron chi connectivity index (χ1n) is 12.1. The van der Waals surface area contributed by atoms with E-state index in [9.17, 15) is 0 Å². The highest BCUT2D eigenvalue weighted by Crippen LogP contribution is 2.36. The van der Waals surface area contributed by atoms with E-state index in [1.165, 1.54) is 0 Å². The molecule has 1 aromatic rings. The number of hydrogen-bond donors (Lipinski definition) is 0. The quantitative estimate of drug-likeness (QED) is 0.353. The Kier molecular flexibility index (Phi) is 9.60. The van der Waals surface area contributed by atoms with Crippen molar-refractivity contribution >= 4 is 22.3 Å². The fraction of sp³-hybridized carbons (Fsp3) is 0.769. The van der Waals surface area contributed by atoms with Crippen molar-refractivity contribution in [2.24, 2.45) is 0 Å². The van der Waals surface area contributed by atoms with Crippen LogP contribution in [0.15, 0.2) is 30.3 Å². The molecule has 1 aromatic carbocycles. The van der Waals surface area contributed by atoms with Gasteiger partial charge in [0.25, 0.3) is 0 Å². The average molecular weight is 483 g/mol. The third kappa shape index (κ3) is 10.6. The minimum absolute atomic E-state index is 0.278. The Morgan fingerprint density at radius 1 is 0.562 bits per heavy atom. The first-order valence-corrected chi connectivity index (χ1v) is 16.3. The molecule has 0 aliphatic carbocycles. The number of hydrogen-bond acceptors (Lipinski definition) is 4. The van der Waals surface area contributed by atoms with Crippen LogP contribution in [0, 0.1) is 0 Å². The van der Waals surface area contributed by atoms with Crippen LogP contribution in [0.5, 0.6) is 0 Å². The zero-order valence-electron chi connectivity index (χ0n) is 23.1. The van der Waals surface area contributed by atoms with E-state index in [0.29, 0.717) is 0 Å². The molecule has 1 rings (SSSR count). The Bertz CT molecular complexity index is 660. The highest BCUT2D eigenvalue weighted by Gasteiger charge is 2.51. The Labute approximate surface area is 200 Å². The molecule has 0 aliphatic heterocycles. The molecule has 0 fully saturated rings. The minimum atomic E-state index is -2.84. The molecule has 0 radical (unpaired) electrons. The van der Waals surface area contributed by atoms with E-state index < -0.39 is 17.1 Å². The van der Waals surface area contributed by atoms with Gasteiger partial charge in [-0.1, -0.05) is 37.3 Å². The summed E-state index contributed by atoms with van der Waals surface area (Å²) in [6.07, 6.45) is 0. The van der Waals surface area contributed by atoms with Crippen molar-refractivity contribution in [2.45, 2.75) is 131 Å². The van der Waals surface area contributed by atoms with E-state index in [2.05, 4.69) is 114 Å². The minimum Gasteiger partial charge on any atom is -0.389 e. The standard InChI is InChI=1S/C26H50O4Si2/c1-14-31(27-23(2,3)4,28-24(5,6)7)20-21-32(29-25(8,9)10,30-26(11,12)13)22-18-16-15-17-19-22/h15-19H,14,20-21H2,1-13H3. The number of benzene rings is 1. The van der Waals surface area contributed by atoms with Crippen LogP contribution >= 0.6 is 0 Å². The van der Waals surface area contributed by atoms with Crippen LogP contribution in [0.4, 0.5) is 0 Å². The fourth-order valence-corrected chi connectivity index (χ4v) is 13.4. The summed E-state index contributed by atoms with van der Waals surface area (Å²) in [4.78, 5) is 0. The van der Waals surface area contributed by atoms with Crippen LogP contribution in [0.2, 0.25) is 18.1 Å². The van der Waals surface area contributed by atoms with Gasteiger partial charge >= 0.3 is 17.1 Å². The summed E-state index contributed by atoms with van der Waals surface area (Å²) >= 11 is 0. The van der Waals surface area contributed by atoms with E-state index >= 15 is 0 Å². The molecule has 0 saturated heterocycles. The lowest BCUT2D eigenvalue weighted by Crippen LogP contribution is -2.61. The summed E-state index contributed by atoms with van der Waals surface area (Å²) in [6, 6.07) is 13.0. The molecule has 0 heterocycles. The lowest BCUT2D eigenvalue weighted by atomic mass is 10.2. The normalized spacial score (nSPS) is 14.7. The molecular weight excluding hydrogens is 432 g/mol. The van der Waals surface area contributed by atoms with Crippen LogP contribution < -0.4 is 5.19 Å². The van der Waals surface area contributed by atoms with Crippen LogP contribution in [0.1, 0.15) is 90.0 Å². The Morgan fingerprint density at radius 2 is 0.938 bits per heavy atom. The number of rotatable bonds is 9. The highest BCUT2D eigenvalue weighted by atomic mass is 28.4. The summed E-state index contributed by atoms with van der Waals surface area (Å²) < 4.78 is 27.4. The molecule has 0 unspecified atom stereocenters. The Hall–Kier alpha value is -0.506. The second-order valence-electron chi connectivity index (χ2n) is 12.7. The molecule has 186 valence electrons. The molecule has 6 heteroatoms. The smallest absolute Gasteiger partial charge is 0.373 e. The van der Waals surface area contributed by atoms with E-state index in [1.807, 2.05) is 6.07 Å². The SMILES string of the molecule is CC[Si](CC[Si](OC(C)(C)C)(OC(C)(C)C)c1ccccc1)(OC(C)(C)C)OC(C)(C)C. The van der Waals surface area contributed by atoms with Crippen molar-refractivity contribution in [1.29, 1.82) is 0 Å². The summed E-state index contributed by atoms with van der Waals surface area (Å²) in [7, 11) is -5.40. The zero-order chi connectivity index (χ0) is 25.1. The Balaban J connectivity index is 3.54. The molecule has 0 atom stereocenters. The lowest BCUT2D eigenvalue weighted by Gasteiger charge is -2.45. The molecule has 0 saturated carbocycles. The first kappa shape index (κ1) is 29.5. The van der Waals surface area contributed by atoms with Crippen LogP contribution in [-0.4, -0.2) is 39.5 Å². The molecule has 0 amide bonds. The zero-order valence-corrected chi connectivity index (χ0v) is 25.1. The largest absolute Gasteiger partial charge is 0.389 e. The molecule has 0 N–H and O–H groups in total. The van der Waals surface area contributed by atoms with Gasteiger partial charge in [0.2, 0.25) is 0 Å². The summed E-state index contributed by atoms with van der Waals surface area (Å²) in [5.74, 6) is 0. The molecule has 0 bridgehead atoms. The molecule has 4 nitrogen and oxygen atoms in total. The predicted octanol–water partition coefficient (Wildman–Crippen LogP) is 7.06. The average Bonchev–Trinajstić information content (AvgIpc) is 2.55. The monoisotopic (exact) mass is 482 g/mol. The van der Waals surface area contributed by atoms with Gasteiger partial charge in [0.05, 0.1) is 22.4 Å². The van der Waals surface area contributed by atoms with Crippen molar-refractivity contribution in [3.05, 3.63) is 30.3 Å². The topological polar surface area (TPSA) is 36.9 Å². The van der Waals surface area contributed by atoms with E-state index in [1.54, 1.807) is 0 Å². The van der Waals surface area contributed by atoms with Crippen LogP contribution in [0.3, 0.4) is 0 Å². The van der Waals surface area contributed by atoms with Crippen molar-refractivity contribution in [3.8, 4) is 0 Å². The van der Waals surface area contributed by atoms with Gasteiger partial charge in [0, 0.05) is 0 Å². The van der Waals surface area contributed by atoms with Gasteiger partial charge in [-0.3, -0.25) is 0 Å². The third-order valence-electron chi connectivity index (χ3n) is 4.51. The van der Waals surface area contributed by atoms with Crippen molar-refractivity contribution in [1.82, 2.24) is 0 Å². The van der Waals surface area contributed by atoms with Gasteiger partial charge in [-0.05, 0) is 106 Å². The van der Waals surface area contributed by atoms with Crippen LogP contribution in [-0.2, 0) is 17.7 Å². The van der Waals surface area contributed by atoms with Gasteiger partial charge in [-0.15, -0.1) is 0 Å². The molecule has 0 spiro atoms. The van der Waals surface area contributed by atoms with Crippen molar-refractivity contribution in [3.63, 3.8) is 0 Å². The summed E-state index contributed by atoms with van der Waals surface area (Å²) in [5, 5.41) is 1.16. The van der Waals surface area contributed by atoms with Gasteiger partial charge < -0.3 is 17.7 Å². The van der Waals surface area contributed by atoms with Gasteiger partial charge in [-0.25, -0.2) is 0 Å². The molecule has 32 heavy (non-hydrogen) atoms. The van der Waals surface area contributed by atoms with E-state index in [4.69, 9.17) is 17.7 Å². The highest BCUT2D eigenvalue weighted by molar-refractivity contribution is 6.83. The van der Waals surface area contributed by atoms with Crippen molar-refractivity contribution < 1.29 is 17.7 Å². The second kappa shape index (κ2) is 10.4. The summed E-state index contributed by atoms with van der Waals surface area (Å²) in [5.41, 5.74) is -1.22. The van der Waals surface area contributed by atoms with Crippen LogP contribution in [0.25, 0.3) is 0 Å². The fourth-order valence-electron chi connectivity index (χ4n) is 3.98. The lowest BCUT2D eigenvalue weighted by molar-refractivity contribution is 0.00938. The molecule has 0 aliphatic rings. The Morgan fingerprint density at radius 3 is 1.25 bits per heavy atom. The van der Waals surface area contributed by atoms with Gasteiger partial charge in [-0.2, -0.15) is 0 Å². The predicted molar refractivity (Wildman–Crippen MR) is 141 cm³/mol. The molecular formula is C26H50O4Si2. The first-order chi connectivity index (χ1) is 14.2. The summed E-state index contributed by atoms with van der Waals surface area (Å²) in [6.45, 7) is 27.6. The van der Waals surface area contributed by atoms with E-state index in [-0.39, 0.29) is 22.4 Å². The molecule has 0 aromatic heterocycles. The maximum Gasteiger partial charge on any atom is 0.373 e. The van der Waals surface area contributed by atoms with Gasteiger partial charge in [0.1, 0.15) is 0 Å². The third-order valence-corrected chi connectivity index (χ3v) is 13.1. The van der Waals surface area contributed by atoms with Crippen molar-refractivity contribution in [2.75, 3.05) is 0 Å². The maximum atomic E-state index is 6.92. The van der Waals surface area contributed by atoms with E-state index in [0.717, 1.165) is 23.3 Å².